The maximum atomic E-state index is 12.5. The van der Waals surface area contributed by atoms with Gasteiger partial charge in [0.2, 0.25) is 0 Å². The van der Waals surface area contributed by atoms with Gasteiger partial charge in [-0.3, -0.25) is 0 Å². The van der Waals surface area contributed by atoms with Crippen LogP contribution in [0.4, 0.5) is 18.0 Å². The molecular formula is C12H18F3N3O2. The fourth-order valence-corrected chi connectivity index (χ4v) is 1.47. The van der Waals surface area contributed by atoms with Gasteiger partial charge in [0.15, 0.2) is 0 Å². The number of alkyl carbamates (subject to hydrolysis) is 1. The van der Waals surface area contributed by atoms with Gasteiger partial charge >= 0.3 is 12.3 Å². The predicted octanol–water partition coefficient (Wildman–Crippen LogP) is 3.40. The first-order chi connectivity index (χ1) is 9.03. The van der Waals surface area contributed by atoms with E-state index in [-0.39, 0.29) is 5.82 Å². The van der Waals surface area contributed by atoms with E-state index in [1.807, 2.05) is 0 Å². The smallest absolute Gasteiger partial charge is 0.432 e. The van der Waals surface area contributed by atoms with Gasteiger partial charge < -0.3 is 15.0 Å². The average Bonchev–Trinajstić information content (AvgIpc) is 2.71. The second-order valence-corrected chi connectivity index (χ2v) is 5.29. The van der Waals surface area contributed by atoms with Gasteiger partial charge in [-0.05, 0) is 27.2 Å². The number of nitrogens with one attached hydrogen (secondary N) is 2. The summed E-state index contributed by atoms with van der Waals surface area (Å²) in [5.74, 6) is 0.0469. The van der Waals surface area contributed by atoms with Crippen LogP contribution >= 0.6 is 0 Å². The van der Waals surface area contributed by atoms with E-state index < -0.39 is 29.6 Å². The molecule has 1 aromatic heterocycles. The molecular weight excluding hydrogens is 275 g/mol. The summed E-state index contributed by atoms with van der Waals surface area (Å²) in [5.41, 5.74) is -1.63. The zero-order chi connectivity index (χ0) is 15.6. The Kier molecular flexibility index (Phi) is 4.67. The molecule has 1 atom stereocenters. The van der Waals surface area contributed by atoms with Crippen molar-refractivity contribution in [3.8, 4) is 0 Å². The van der Waals surface area contributed by atoms with Crippen LogP contribution in [0.15, 0.2) is 6.20 Å². The number of alkyl halides is 3. The van der Waals surface area contributed by atoms with Gasteiger partial charge in [0.25, 0.3) is 0 Å². The Hall–Kier alpha value is -1.73. The highest BCUT2D eigenvalue weighted by molar-refractivity contribution is 5.68. The zero-order valence-corrected chi connectivity index (χ0v) is 11.8. The van der Waals surface area contributed by atoms with Gasteiger partial charge in [0.1, 0.15) is 17.1 Å². The molecule has 0 aliphatic rings. The Morgan fingerprint density at radius 2 is 2.05 bits per heavy atom. The summed E-state index contributed by atoms with van der Waals surface area (Å²) < 4.78 is 42.5. The number of imidazole rings is 1. The van der Waals surface area contributed by atoms with E-state index >= 15 is 0 Å². The number of carbonyl (C=O) groups is 1. The molecule has 8 heteroatoms. The van der Waals surface area contributed by atoms with E-state index in [0.29, 0.717) is 12.6 Å². The van der Waals surface area contributed by atoms with Crippen LogP contribution in [0.1, 0.15) is 51.7 Å². The van der Waals surface area contributed by atoms with Crippen LogP contribution in [0.25, 0.3) is 0 Å². The maximum absolute atomic E-state index is 12.5. The number of ether oxygens (including phenoxy) is 1. The molecule has 0 unspecified atom stereocenters. The van der Waals surface area contributed by atoms with Gasteiger partial charge in [-0.2, -0.15) is 13.2 Å². The summed E-state index contributed by atoms with van der Waals surface area (Å²) in [4.78, 5) is 17.4. The van der Waals surface area contributed by atoms with Crippen molar-refractivity contribution >= 4 is 6.09 Å². The summed E-state index contributed by atoms with van der Waals surface area (Å²) in [6.45, 7) is 6.81. The third-order valence-corrected chi connectivity index (χ3v) is 2.33. The van der Waals surface area contributed by atoms with E-state index in [9.17, 15) is 18.0 Å². The molecule has 0 bridgehead atoms. The lowest BCUT2D eigenvalue weighted by Gasteiger charge is -2.22. The molecule has 0 spiro atoms. The number of amides is 1. The summed E-state index contributed by atoms with van der Waals surface area (Å²) in [7, 11) is 0. The molecule has 0 fully saturated rings. The van der Waals surface area contributed by atoms with Gasteiger partial charge in [-0.1, -0.05) is 6.92 Å². The predicted molar refractivity (Wildman–Crippen MR) is 66.0 cm³/mol. The SMILES string of the molecule is CC[C@H](NC(=O)OC(C)(C)C)c1ncc(C(F)(F)F)[nH]1. The Balaban J connectivity index is 2.77. The topological polar surface area (TPSA) is 67.0 Å². The monoisotopic (exact) mass is 293 g/mol. The molecule has 1 rings (SSSR count). The molecule has 0 radical (unpaired) electrons. The zero-order valence-electron chi connectivity index (χ0n) is 11.8. The second kappa shape index (κ2) is 5.72. The molecule has 114 valence electrons. The van der Waals surface area contributed by atoms with Crippen LogP contribution < -0.4 is 5.32 Å². The van der Waals surface area contributed by atoms with Crippen molar-refractivity contribution in [1.82, 2.24) is 15.3 Å². The van der Waals surface area contributed by atoms with Crippen LogP contribution in [0.2, 0.25) is 0 Å². The fourth-order valence-electron chi connectivity index (χ4n) is 1.47. The molecule has 0 saturated carbocycles. The van der Waals surface area contributed by atoms with Crippen molar-refractivity contribution < 1.29 is 22.7 Å². The summed E-state index contributed by atoms with van der Waals surface area (Å²) in [6.07, 6.45) is -4.11. The van der Waals surface area contributed by atoms with Crippen LogP contribution in [0.3, 0.4) is 0 Å². The maximum Gasteiger partial charge on any atom is 0.432 e. The largest absolute Gasteiger partial charge is 0.444 e. The van der Waals surface area contributed by atoms with Gasteiger partial charge in [-0.15, -0.1) is 0 Å². The van der Waals surface area contributed by atoms with E-state index in [0.717, 1.165) is 0 Å². The molecule has 0 saturated heterocycles. The number of H-pyrrole nitrogens is 1. The van der Waals surface area contributed by atoms with E-state index in [1.54, 1.807) is 27.7 Å². The normalized spacial score (nSPS) is 13.9. The molecule has 0 aliphatic carbocycles. The Bertz CT molecular complexity index is 463. The van der Waals surface area contributed by atoms with Crippen LogP contribution in [0.5, 0.6) is 0 Å². The quantitative estimate of drug-likeness (QED) is 0.897. The van der Waals surface area contributed by atoms with Crippen molar-refractivity contribution in [2.45, 2.75) is 51.9 Å². The number of halogens is 3. The van der Waals surface area contributed by atoms with Gasteiger partial charge in [0.05, 0.1) is 12.2 Å². The minimum absolute atomic E-state index is 0.0469. The highest BCUT2D eigenvalue weighted by Gasteiger charge is 2.34. The minimum Gasteiger partial charge on any atom is -0.444 e. The summed E-state index contributed by atoms with van der Waals surface area (Å²) in [5, 5.41) is 2.48. The molecule has 1 heterocycles. The van der Waals surface area contributed by atoms with Crippen molar-refractivity contribution in [3.63, 3.8) is 0 Å². The molecule has 1 amide bonds. The van der Waals surface area contributed by atoms with Crippen molar-refractivity contribution in [2.75, 3.05) is 0 Å². The first-order valence-electron chi connectivity index (χ1n) is 6.14. The molecule has 20 heavy (non-hydrogen) atoms. The Labute approximate surface area is 114 Å². The Morgan fingerprint density at radius 1 is 1.45 bits per heavy atom. The fraction of sp³-hybridized carbons (Fsp3) is 0.667. The molecule has 5 nitrogen and oxygen atoms in total. The minimum atomic E-state index is -4.49. The number of aromatic amines is 1. The molecule has 1 aromatic rings. The number of aromatic nitrogens is 2. The number of carbonyl (C=O) groups excluding carboxylic acids is 1. The van der Waals surface area contributed by atoms with Crippen LogP contribution in [-0.2, 0) is 10.9 Å². The second-order valence-electron chi connectivity index (χ2n) is 5.29. The summed E-state index contributed by atoms with van der Waals surface area (Å²) in [6, 6.07) is -0.666. The molecule has 0 aliphatic heterocycles. The number of rotatable bonds is 3. The van der Waals surface area contributed by atoms with Crippen molar-refractivity contribution in [2.24, 2.45) is 0 Å². The van der Waals surface area contributed by atoms with Crippen molar-refractivity contribution in [1.29, 1.82) is 0 Å². The lowest BCUT2D eigenvalue weighted by molar-refractivity contribution is -0.141. The number of hydrogen-bond donors (Lipinski definition) is 2. The first-order valence-corrected chi connectivity index (χ1v) is 6.14. The van der Waals surface area contributed by atoms with Crippen LogP contribution in [0, 0.1) is 0 Å². The van der Waals surface area contributed by atoms with Crippen molar-refractivity contribution in [3.05, 3.63) is 17.7 Å². The van der Waals surface area contributed by atoms with Gasteiger partial charge in [-0.25, -0.2) is 9.78 Å². The third-order valence-electron chi connectivity index (χ3n) is 2.33. The highest BCUT2D eigenvalue weighted by Crippen LogP contribution is 2.28. The molecule has 0 aromatic carbocycles. The molecule has 2 N–H and O–H groups in total. The van der Waals surface area contributed by atoms with E-state index in [1.165, 1.54) is 0 Å². The number of nitrogens with zero attached hydrogens (tertiary/aromatic N) is 1. The standard InChI is InChI=1S/C12H18F3N3O2/c1-5-7(17-10(19)20-11(2,3)4)9-16-6-8(18-9)12(13,14)15/h6-7H,5H2,1-4H3,(H,16,18)(H,17,19)/t7-/m0/s1. The summed E-state index contributed by atoms with van der Waals surface area (Å²) >= 11 is 0. The van der Waals surface area contributed by atoms with Gasteiger partial charge in [0, 0.05) is 0 Å². The Morgan fingerprint density at radius 3 is 2.45 bits per heavy atom. The van der Waals surface area contributed by atoms with Crippen LogP contribution in [-0.4, -0.2) is 21.7 Å². The first kappa shape index (κ1) is 16.3. The lowest BCUT2D eigenvalue weighted by atomic mass is 10.2. The highest BCUT2D eigenvalue weighted by atomic mass is 19.4. The van der Waals surface area contributed by atoms with E-state index in [4.69, 9.17) is 4.74 Å². The van der Waals surface area contributed by atoms with E-state index in [2.05, 4.69) is 15.3 Å². The third kappa shape index (κ3) is 4.75. The number of hydrogen-bond acceptors (Lipinski definition) is 3. The lowest BCUT2D eigenvalue weighted by Crippen LogP contribution is -2.35. The average molecular weight is 293 g/mol.